The Hall–Kier alpha value is -3.22. The molecule has 27 heavy (non-hydrogen) atoms. The van der Waals surface area contributed by atoms with Gasteiger partial charge in [-0.1, -0.05) is 18.2 Å². The number of likely N-dealkylation sites (tertiary alicyclic amines) is 1. The molecule has 1 aliphatic rings. The Morgan fingerprint density at radius 2 is 1.96 bits per heavy atom. The topological polar surface area (TPSA) is 99.6 Å². The van der Waals surface area contributed by atoms with Gasteiger partial charge in [0.15, 0.2) is 0 Å². The van der Waals surface area contributed by atoms with E-state index < -0.39 is 5.97 Å². The van der Waals surface area contributed by atoms with E-state index in [1.165, 1.54) is 0 Å². The number of rotatable bonds is 7. The van der Waals surface area contributed by atoms with Gasteiger partial charge in [0.05, 0.1) is 23.7 Å². The highest BCUT2D eigenvalue weighted by molar-refractivity contribution is 5.89. The second kappa shape index (κ2) is 8.44. The zero-order valence-electron chi connectivity index (χ0n) is 14.8. The van der Waals surface area contributed by atoms with Gasteiger partial charge in [0, 0.05) is 25.7 Å². The molecule has 7 nitrogen and oxygen atoms in total. The number of pyridine rings is 1. The van der Waals surface area contributed by atoms with Crippen LogP contribution in [0.1, 0.15) is 28.0 Å². The van der Waals surface area contributed by atoms with Gasteiger partial charge in [-0.2, -0.15) is 0 Å². The molecule has 3 rings (SSSR count). The van der Waals surface area contributed by atoms with E-state index >= 15 is 0 Å². The molecule has 1 aromatic heterocycles. The van der Waals surface area contributed by atoms with E-state index in [1.54, 1.807) is 35.4 Å². The minimum Gasteiger partial charge on any atom is -0.478 e. The maximum Gasteiger partial charge on any atom is 0.335 e. The van der Waals surface area contributed by atoms with E-state index in [1.807, 2.05) is 18.2 Å². The molecule has 2 aromatic rings. The smallest absolute Gasteiger partial charge is 0.335 e. The number of benzene rings is 1. The molecule has 2 heterocycles. The molecule has 1 saturated heterocycles. The maximum atomic E-state index is 12.3. The number of carbonyl (C=O) groups excluding carboxylic acids is 2. The van der Waals surface area contributed by atoms with Gasteiger partial charge >= 0.3 is 5.97 Å². The Morgan fingerprint density at radius 1 is 1.19 bits per heavy atom. The van der Waals surface area contributed by atoms with E-state index in [0.717, 1.165) is 11.3 Å². The summed E-state index contributed by atoms with van der Waals surface area (Å²) < 4.78 is 0. The van der Waals surface area contributed by atoms with Crippen LogP contribution in [0.4, 0.5) is 0 Å². The molecule has 0 bridgehead atoms. The summed E-state index contributed by atoms with van der Waals surface area (Å²) in [5, 5.41) is 11.8. The highest BCUT2D eigenvalue weighted by Gasteiger charge is 2.34. The van der Waals surface area contributed by atoms with E-state index in [0.29, 0.717) is 26.1 Å². The Bertz CT molecular complexity index is 821. The number of hydrogen-bond acceptors (Lipinski definition) is 4. The van der Waals surface area contributed by atoms with E-state index in [-0.39, 0.29) is 29.7 Å². The molecule has 2 N–H and O–H groups in total. The van der Waals surface area contributed by atoms with Crippen LogP contribution in [0.3, 0.4) is 0 Å². The van der Waals surface area contributed by atoms with Crippen LogP contribution in [0.15, 0.2) is 48.7 Å². The van der Waals surface area contributed by atoms with E-state index in [9.17, 15) is 14.4 Å². The average molecular weight is 367 g/mol. The van der Waals surface area contributed by atoms with Gasteiger partial charge in [-0.15, -0.1) is 0 Å². The highest BCUT2D eigenvalue weighted by Crippen LogP contribution is 2.19. The molecule has 0 aliphatic carbocycles. The molecule has 7 heteroatoms. The molecule has 0 unspecified atom stereocenters. The molecule has 140 valence electrons. The molecule has 1 fully saturated rings. The van der Waals surface area contributed by atoms with Crippen LogP contribution in [0.25, 0.3) is 0 Å². The third-order valence-electron chi connectivity index (χ3n) is 4.58. The average Bonchev–Trinajstić information content (AvgIpc) is 3.03. The molecule has 0 spiro atoms. The molecule has 1 aliphatic heterocycles. The van der Waals surface area contributed by atoms with Gasteiger partial charge in [0.25, 0.3) is 0 Å². The zero-order chi connectivity index (χ0) is 19.2. The Morgan fingerprint density at radius 3 is 2.63 bits per heavy atom. The van der Waals surface area contributed by atoms with Crippen molar-refractivity contribution in [3.05, 3.63) is 65.5 Å². The molecule has 1 aromatic carbocycles. The predicted molar refractivity (Wildman–Crippen MR) is 97.9 cm³/mol. The first-order valence-corrected chi connectivity index (χ1v) is 8.80. The highest BCUT2D eigenvalue weighted by atomic mass is 16.4. The van der Waals surface area contributed by atoms with Crippen molar-refractivity contribution in [2.24, 2.45) is 5.92 Å². The van der Waals surface area contributed by atoms with Crippen LogP contribution in [-0.4, -0.2) is 45.9 Å². The van der Waals surface area contributed by atoms with Crippen molar-refractivity contribution in [2.75, 3.05) is 13.1 Å². The standard InChI is InChI=1S/C20H21N3O4/c24-18-11-16(12-23(18)13-17-3-1-2-9-21-17)19(25)22-10-8-14-4-6-15(7-5-14)20(26)27/h1-7,9,16H,8,10-13H2,(H,22,25)(H,26,27)/t16-/m1/s1. The van der Waals surface area contributed by atoms with Gasteiger partial charge < -0.3 is 15.3 Å². The SMILES string of the molecule is O=C(O)c1ccc(CCNC(=O)[C@@H]2CC(=O)N(Cc3ccccn3)C2)cc1. The van der Waals surface area contributed by atoms with Crippen molar-refractivity contribution in [3.63, 3.8) is 0 Å². The summed E-state index contributed by atoms with van der Waals surface area (Å²) in [6.07, 6.45) is 2.50. The van der Waals surface area contributed by atoms with Gasteiger partial charge in [-0.3, -0.25) is 14.6 Å². The Kier molecular flexibility index (Phi) is 5.80. The lowest BCUT2D eigenvalue weighted by atomic mass is 10.1. The third kappa shape index (κ3) is 4.91. The summed E-state index contributed by atoms with van der Waals surface area (Å²) >= 11 is 0. The number of aromatic nitrogens is 1. The Balaban J connectivity index is 1.45. The van der Waals surface area contributed by atoms with Gasteiger partial charge in [-0.05, 0) is 36.2 Å². The van der Waals surface area contributed by atoms with Crippen LogP contribution < -0.4 is 5.32 Å². The molecule has 2 amide bonds. The first kappa shape index (κ1) is 18.6. The fraction of sp³-hybridized carbons (Fsp3) is 0.300. The maximum absolute atomic E-state index is 12.3. The molecule has 0 radical (unpaired) electrons. The van der Waals surface area contributed by atoms with Crippen molar-refractivity contribution in [2.45, 2.75) is 19.4 Å². The van der Waals surface area contributed by atoms with E-state index in [4.69, 9.17) is 5.11 Å². The monoisotopic (exact) mass is 367 g/mol. The number of amides is 2. The van der Waals surface area contributed by atoms with Crippen molar-refractivity contribution in [1.29, 1.82) is 0 Å². The number of nitrogens with zero attached hydrogens (tertiary/aromatic N) is 2. The third-order valence-corrected chi connectivity index (χ3v) is 4.58. The number of carbonyl (C=O) groups is 3. The minimum atomic E-state index is -0.962. The van der Waals surface area contributed by atoms with E-state index in [2.05, 4.69) is 10.3 Å². The molecular formula is C20H21N3O4. The van der Waals surface area contributed by atoms with Crippen molar-refractivity contribution < 1.29 is 19.5 Å². The fourth-order valence-corrected chi connectivity index (χ4v) is 3.08. The van der Waals surface area contributed by atoms with Crippen molar-refractivity contribution in [3.8, 4) is 0 Å². The second-order valence-electron chi connectivity index (χ2n) is 6.54. The van der Waals surface area contributed by atoms with Crippen LogP contribution >= 0.6 is 0 Å². The molecular weight excluding hydrogens is 346 g/mol. The van der Waals surface area contributed by atoms with Crippen LogP contribution in [-0.2, 0) is 22.6 Å². The van der Waals surface area contributed by atoms with Crippen LogP contribution in [0.5, 0.6) is 0 Å². The summed E-state index contributed by atoms with van der Waals surface area (Å²) in [6, 6.07) is 12.1. The summed E-state index contributed by atoms with van der Waals surface area (Å²) in [7, 11) is 0. The van der Waals surface area contributed by atoms with Crippen molar-refractivity contribution in [1.82, 2.24) is 15.2 Å². The van der Waals surface area contributed by atoms with Gasteiger partial charge in [-0.25, -0.2) is 4.79 Å². The minimum absolute atomic E-state index is 0.0370. The number of hydrogen-bond donors (Lipinski definition) is 2. The van der Waals surface area contributed by atoms with Crippen molar-refractivity contribution >= 4 is 17.8 Å². The predicted octanol–water partition coefficient (Wildman–Crippen LogP) is 1.49. The molecule has 0 saturated carbocycles. The Labute approximate surface area is 157 Å². The quantitative estimate of drug-likeness (QED) is 0.772. The lowest BCUT2D eigenvalue weighted by Gasteiger charge is -2.16. The summed E-state index contributed by atoms with van der Waals surface area (Å²) in [4.78, 5) is 41.2. The number of aromatic carboxylic acids is 1. The van der Waals surface area contributed by atoms with Gasteiger partial charge in [0.2, 0.25) is 11.8 Å². The van der Waals surface area contributed by atoms with Crippen LogP contribution in [0, 0.1) is 5.92 Å². The number of carboxylic acid groups (broad SMARTS) is 1. The number of nitrogens with one attached hydrogen (secondary N) is 1. The largest absolute Gasteiger partial charge is 0.478 e. The van der Waals surface area contributed by atoms with Gasteiger partial charge in [0.1, 0.15) is 0 Å². The lowest BCUT2D eigenvalue weighted by molar-refractivity contribution is -0.129. The number of carboxylic acids is 1. The molecule has 1 atom stereocenters. The first-order valence-electron chi connectivity index (χ1n) is 8.80. The second-order valence-corrected chi connectivity index (χ2v) is 6.54. The first-order chi connectivity index (χ1) is 13.0. The summed E-state index contributed by atoms with van der Waals surface area (Å²) in [6.45, 7) is 1.25. The lowest BCUT2D eigenvalue weighted by Crippen LogP contribution is -2.34. The summed E-state index contributed by atoms with van der Waals surface area (Å²) in [5.41, 5.74) is 1.98. The zero-order valence-corrected chi connectivity index (χ0v) is 14.8. The normalized spacial score (nSPS) is 16.4. The fourth-order valence-electron chi connectivity index (χ4n) is 3.08. The summed E-state index contributed by atoms with van der Waals surface area (Å²) in [5.74, 6) is -1.48. The van der Waals surface area contributed by atoms with Crippen LogP contribution in [0.2, 0.25) is 0 Å².